The van der Waals surface area contributed by atoms with Crippen molar-refractivity contribution in [1.82, 2.24) is 19.9 Å². The molecule has 0 aliphatic carbocycles. The molecule has 0 radical (unpaired) electrons. The van der Waals surface area contributed by atoms with E-state index in [4.69, 9.17) is 16.2 Å². The van der Waals surface area contributed by atoms with E-state index in [1.807, 2.05) is 17.0 Å². The number of carbonyl (C=O) groups excluding carboxylic acids is 1. The first-order valence-electron chi connectivity index (χ1n) is 10.9. The second-order valence-corrected chi connectivity index (χ2v) is 8.17. The minimum atomic E-state index is -0.612. The molecule has 0 bridgehead atoms. The van der Waals surface area contributed by atoms with Crippen LogP contribution in [0.5, 0.6) is 5.75 Å². The summed E-state index contributed by atoms with van der Waals surface area (Å²) in [5, 5.41) is 21.9. The largest absolute Gasteiger partial charge is 0.495 e. The van der Waals surface area contributed by atoms with Gasteiger partial charge >= 0.3 is 0 Å². The summed E-state index contributed by atoms with van der Waals surface area (Å²) in [7, 11) is 1.44. The van der Waals surface area contributed by atoms with Gasteiger partial charge in [-0.25, -0.2) is 15.0 Å². The van der Waals surface area contributed by atoms with Crippen LogP contribution >= 0.6 is 0 Å². The van der Waals surface area contributed by atoms with Gasteiger partial charge in [-0.2, -0.15) is 5.26 Å². The molecule has 1 amide bonds. The first-order valence-corrected chi connectivity index (χ1v) is 10.9. The summed E-state index contributed by atoms with van der Waals surface area (Å²) >= 11 is 0. The van der Waals surface area contributed by atoms with Crippen LogP contribution in [0.15, 0.2) is 36.8 Å². The van der Waals surface area contributed by atoms with Crippen molar-refractivity contribution < 1.29 is 14.6 Å². The number of methoxy groups -OCH3 is 1. The Balaban J connectivity index is 1.62. The van der Waals surface area contributed by atoms with E-state index in [9.17, 15) is 15.2 Å². The van der Waals surface area contributed by atoms with Crippen molar-refractivity contribution in [1.29, 1.82) is 5.26 Å². The summed E-state index contributed by atoms with van der Waals surface area (Å²) < 4.78 is 5.22. The molecular formula is C23H25N9O3. The number of rotatable bonds is 6. The van der Waals surface area contributed by atoms with Crippen LogP contribution in [0.2, 0.25) is 0 Å². The molecule has 3 aromatic rings. The van der Waals surface area contributed by atoms with Crippen LogP contribution in [0.4, 0.5) is 17.3 Å². The van der Waals surface area contributed by atoms with Crippen molar-refractivity contribution in [3.63, 3.8) is 0 Å². The first-order chi connectivity index (χ1) is 16.9. The Morgan fingerprint density at radius 2 is 2.06 bits per heavy atom. The average molecular weight is 476 g/mol. The number of carbonyl (C=O) groups is 1. The lowest BCUT2D eigenvalue weighted by molar-refractivity contribution is 0.102. The topological polar surface area (TPSA) is 189 Å². The number of hydrogen-bond acceptors (Lipinski definition) is 11. The summed E-state index contributed by atoms with van der Waals surface area (Å²) in [6.07, 6.45) is 5.57. The molecule has 1 aliphatic rings. The third kappa shape index (κ3) is 4.81. The van der Waals surface area contributed by atoms with E-state index in [2.05, 4.69) is 25.3 Å². The van der Waals surface area contributed by atoms with Gasteiger partial charge in [-0.3, -0.25) is 9.78 Å². The summed E-state index contributed by atoms with van der Waals surface area (Å²) in [6, 6.07) is 7.21. The SMILES string of the molecule is COc1ccnc(-c2cnc(N)c(C(=O)Nc3ncccc3N3CCC(N)(CO)CC3)n2)c1C#N. The van der Waals surface area contributed by atoms with Gasteiger partial charge in [-0.1, -0.05) is 0 Å². The highest BCUT2D eigenvalue weighted by atomic mass is 16.5. The molecule has 35 heavy (non-hydrogen) atoms. The molecule has 0 spiro atoms. The zero-order valence-electron chi connectivity index (χ0n) is 19.1. The van der Waals surface area contributed by atoms with Crippen molar-refractivity contribution in [2.45, 2.75) is 18.4 Å². The Labute approximate surface area is 201 Å². The van der Waals surface area contributed by atoms with Gasteiger partial charge in [-0.15, -0.1) is 0 Å². The number of nitrogens with zero attached hydrogens (tertiary/aromatic N) is 6. The van der Waals surface area contributed by atoms with Crippen LogP contribution in [0, 0.1) is 11.3 Å². The lowest BCUT2D eigenvalue weighted by Crippen LogP contribution is -2.53. The van der Waals surface area contributed by atoms with E-state index in [-0.39, 0.29) is 35.1 Å². The highest BCUT2D eigenvalue weighted by molar-refractivity contribution is 6.06. The van der Waals surface area contributed by atoms with Gasteiger partial charge in [0.1, 0.15) is 28.8 Å². The molecule has 12 heteroatoms. The zero-order valence-corrected chi connectivity index (χ0v) is 19.1. The lowest BCUT2D eigenvalue weighted by Gasteiger charge is -2.39. The van der Waals surface area contributed by atoms with Crippen molar-refractivity contribution >= 4 is 23.2 Å². The number of hydrogen-bond donors (Lipinski definition) is 4. The standard InChI is InChI=1S/C23H25N9O3/c1-35-17-4-8-27-18(14(17)11-24)15-12-29-20(25)19(30-15)22(34)31-21-16(3-2-7-28-21)32-9-5-23(26,13-33)6-10-32/h2-4,7-8,12,33H,5-6,9-10,13,26H2,1H3,(H2,25,29)(H,28,31,34). The number of aromatic nitrogens is 4. The normalized spacial score (nSPS) is 14.7. The number of aliphatic hydroxyl groups is 1. The molecule has 6 N–H and O–H groups in total. The molecule has 1 fully saturated rings. The Morgan fingerprint density at radius 3 is 2.74 bits per heavy atom. The number of nitriles is 1. The van der Waals surface area contributed by atoms with Crippen LogP contribution < -0.4 is 26.4 Å². The second kappa shape index (κ2) is 9.88. The van der Waals surface area contributed by atoms with Crippen LogP contribution in [-0.4, -0.2) is 63.3 Å². The van der Waals surface area contributed by atoms with Crippen molar-refractivity contribution in [3.8, 4) is 23.2 Å². The number of nitrogens with two attached hydrogens (primary N) is 2. The zero-order chi connectivity index (χ0) is 25.0. The quantitative estimate of drug-likeness (QED) is 0.397. The fourth-order valence-corrected chi connectivity index (χ4v) is 3.86. The van der Waals surface area contributed by atoms with E-state index in [0.717, 1.165) is 0 Å². The third-order valence-electron chi connectivity index (χ3n) is 5.94. The van der Waals surface area contributed by atoms with Gasteiger partial charge < -0.3 is 31.5 Å². The van der Waals surface area contributed by atoms with Crippen molar-refractivity contribution in [2.24, 2.45) is 5.73 Å². The molecule has 1 saturated heterocycles. The molecule has 0 atom stereocenters. The average Bonchev–Trinajstić information content (AvgIpc) is 2.89. The third-order valence-corrected chi connectivity index (χ3v) is 5.94. The molecule has 1 aliphatic heterocycles. The van der Waals surface area contributed by atoms with E-state index in [0.29, 0.717) is 43.2 Å². The predicted octanol–water partition coefficient (Wildman–Crippen LogP) is 0.938. The number of anilines is 3. The Morgan fingerprint density at radius 1 is 1.29 bits per heavy atom. The van der Waals surface area contributed by atoms with Gasteiger partial charge in [0.15, 0.2) is 17.3 Å². The fourth-order valence-electron chi connectivity index (χ4n) is 3.86. The van der Waals surface area contributed by atoms with Crippen molar-refractivity contribution in [2.75, 3.05) is 42.8 Å². The van der Waals surface area contributed by atoms with Gasteiger partial charge in [0, 0.05) is 31.0 Å². The Kier molecular flexibility index (Phi) is 6.72. The second-order valence-electron chi connectivity index (χ2n) is 8.17. The molecule has 0 saturated carbocycles. The smallest absolute Gasteiger partial charge is 0.279 e. The highest BCUT2D eigenvalue weighted by Crippen LogP contribution is 2.30. The molecular weight excluding hydrogens is 450 g/mol. The van der Waals surface area contributed by atoms with Crippen LogP contribution in [0.1, 0.15) is 28.9 Å². The predicted molar refractivity (Wildman–Crippen MR) is 129 cm³/mol. The van der Waals surface area contributed by atoms with E-state index in [1.165, 1.54) is 19.5 Å². The molecule has 12 nitrogen and oxygen atoms in total. The number of amides is 1. The number of piperidine rings is 1. The highest BCUT2D eigenvalue weighted by Gasteiger charge is 2.31. The molecule has 180 valence electrons. The molecule has 0 unspecified atom stereocenters. The summed E-state index contributed by atoms with van der Waals surface area (Å²) in [5.74, 6) is -0.0444. The van der Waals surface area contributed by atoms with Crippen LogP contribution in [0.25, 0.3) is 11.4 Å². The van der Waals surface area contributed by atoms with Crippen molar-refractivity contribution in [3.05, 3.63) is 48.0 Å². The summed E-state index contributed by atoms with van der Waals surface area (Å²) in [5.41, 5.74) is 12.7. The van der Waals surface area contributed by atoms with Gasteiger partial charge in [0.25, 0.3) is 5.91 Å². The maximum Gasteiger partial charge on any atom is 0.279 e. The number of nitrogen functional groups attached to an aromatic ring is 1. The fraction of sp³-hybridized carbons (Fsp3) is 0.304. The maximum absolute atomic E-state index is 13.2. The molecule has 3 aromatic heterocycles. The number of pyridine rings is 2. The maximum atomic E-state index is 13.2. The van der Waals surface area contributed by atoms with E-state index in [1.54, 1.807) is 18.3 Å². The molecule has 4 rings (SSSR count). The van der Waals surface area contributed by atoms with Crippen LogP contribution in [-0.2, 0) is 0 Å². The van der Waals surface area contributed by atoms with Gasteiger partial charge in [-0.05, 0) is 31.0 Å². The van der Waals surface area contributed by atoms with Crippen LogP contribution in [0.3, 0.4) is 0 Å². The number of ether oxygens (including phenoxy) is 1. The van der Waals surface area contributed by atoms with Gasteiger partial charge in [0.05, 0.1) is 25.6 Å². The summed E-state index contributed by atoms with van der Waals surface area (Å²) in [4.78, 5) is 32.2. The monoisotopic (exact) mass is 475 g/mol. The number of nitrogens with one attached hydrogen (secondary N) is 1. The minimum Gasteiger partial charge on any atom is -0.495 e. The first kappa shape index (κ1) is 23.8. The Bertz CT molecular complexity index is 1280. The number of aliphatic hydroxyl groups excluding tert-OH is 1. The lowest BCUT2D eigenvalue weighted by atomic mass is 9.89. The summed E-state index contributed by atoms with van der Waals surface area (Å²) in [6.45, 7) is 1.12. The molecule has 4 heterocycles. The Hall–Kier alpha value is -4.34. The van der Waals surface area contributed by atoms with E-state index < -0.39 is 11.4 Å². The minimum absolute atomic E-state index is 0.0819. The van der Waals surface area contributed by atoms with Gasteiger partial charge in [0.2, 0.25) is 0 Å². The molecule has 0 aromatic carbocycles. The van der Waals surface area contributed by atoms with E-state index >= 15 is 0 Å².